The van der Waals surface area contributed by atoms with Gasteiger partial charge in [-0.2, -0.15) is 13.2 Å². The molecule has 4 aromatic carbocycles. The highest BCUT2D eigenvalue weighted by atomic mass is 19.4. The molecule has 0 bridgehead atoms. The van der Waals surface area contributed by atoms with Crippen LogP contribution in [-0.2, 0) is 22.3 Å². The number of hydrogen-bond donors (Lipinski definition) is 2. The van der Waals surface area contributed by atoms with E-state index in [1.807, 2.05) is 24.3 Å². The van der Waals surface area contributed by atoms with Crippen molar-refractivity contribution in [3.05, 3.63) is 102 Å². The molecule has 37 heavy (non-hydrogen) atoms. The number of rotatable bonds is 8. The molecule has 0 radical (unpaired) electrons. The first kappa shape index (κ1) is 25.9. The molecule has 0 atom stereocenters. The van der Waals surface area contributed by atoms with Crippen molar-refractivity contribution >= 4 is 28.3 Å². The van der Waals surface area contributed by atoms with Gasteiger partial charge in [-0.3, -0.25) is 9.59 Å². The summed E-state index contributed by atoms with van der Waals surface area (Å²) in [5, 5.41) is 7.31. The van der Waals surface area contributed by atoms with Gasteiger partial charge in [0, 0.05) is 24.9 Å². The molecule has 0 aliphatic heterocycles. The van der Waals surface area contributed by atoms with Gasteiger partial charge < -0.3 is 15.4 Å². The minimum Gasteiger partial charge on any atom is -0.384 e. The zero-order chi connectivity index (χ0) is 26.4. The lowest BCUT2D eigenvalue weighted by Crippen LogP contribution is -2.22. The van der Waals surface area contributed by atoms with Crippen LogP contribution in [0.1, 0.15) is 27.9 Å². The van der Waals surface area contributed by atoms with E-state index in [9.17, 15) is 22.8 Å². The maximum atomic E-state index is 12.9. The average molecular weight is 507 g/mol. The molecule has 0 spiro atoms. The van der Waals surface area contributed by atoms with Gasteiger partial charge in [0.05, 0.1) is 18.6 Å². The van der Waals surface area contributed by atoms with E-state index in [1.165, 1.54) is 19.2 Å². The Bertz CT molecular complexity index is 1420. The van der Waals surface area contributed by atoms with Crippen LogP contribution in [0.2, 0.25) is 0 Å². The Morgan fingerprint density at radius 3 is 2.38 bits per heavy atom. The summed E-state index contributed by atoms with van der Waals surface area (Å²) < 4.78 is 43.7. The highest BCUT2D eigenvalue weighted by molar-refractivity contribution is 6.02. The van der Waals surface area contributed by atoms with Gasteiger partial charge in [-0.1, -0.05) is 48.5 Å². The molecule has 4 rings (SSSR count). The second-order valence-corrected chi connectivity index (χ2v) is 8.49. The number of nitrogens with one attached hydrogen (secondary N) is 2. The number of carbonyl (C=O) groups is 2. The van der Waals surface area contributed by atoms with Crippen molar-refractivity contribution in [3.63, 3.8) is 0 Å². The zero-order valence-electron chi connectivity index (χ0n) is 20.1. The molecule has 0 heterocycles. The maximum absolute atomic E-state index is 12.9. The van der Waals surface area contributed by atoms with Gasteiger partial charge >= 0.3 is 6.18 Å². The third kappa shape index (κ3) is 6.54. The van der Waals surface area contributed by atoms with Gasteiger partial charge in [-0.25, -0.2) is 0 Å². The second-order valence-electron chi connectivity index (χ2n) is 8.49. The van der Waals surface area contributed by atoms with Crippen molar-refractivity contribution in [2.45, 2.75) is 19.1 Å². The van der Waals surface area contributed by atoms with E-state index in [0.717, 1.165) is 34.0 Å². The minimum absolute atomic E-state index is 0.158. The Morgan fingerprint density at radius 2 is 1.65 bits per heavy atom. The lowest BCUT2D eigenvalue weighted by Gasteiger charge is -2.11. The van der Waals surface area contributed by atoms with Gasteiger partial charge in [-0.05, 0) is 63.9 Å². The summed E-state index contributed by atoms with van der Waals surface area (Å²) in [4.78, 5) is 24.7. The molecule has 5 nitrogen and oxygen atoms in total. The molecule has 8 heteroatoms. The predicted molar refractivity (Wildman–Crippen MR) is 137 cm³/mol. The van der Waals surface area contributed by atoms with Crippen molar-refractivity contribution in [2.75, 3.05) is 19.0 Å². The lowest BCUT2D eigenvalue weighted by molar-refractivity contribution is -0.137. The van der Waals surface area contributed by atoms with Crippen LogP contribution in [0, 0.1) is 0 Å². The van der Waals surface area contributed by atoms with Gasteiger partial charge in [0.1, 0.15) is 0 Å². The number of amides is 2. The van der Waals surface area contributed by atoms with Gasteiger partial charge in [0.15, 0.2) is 0 Å². The number of benzene rings is 4. The number of hydrogen-bond acceptors (Lipinski definition) is 3. The normalized spacial score (nSPS) is 11.4. The molecule has 2 amide bonds. The van der Waals surface area contributed by atoms with Crippen molar-refractivity contribution in [2.24, 2.45) is 0 Å². The fraction of sp³-hybridized carbons (Fsp3) is 0.172. The van der Waals surface area contributed by atoms with Crippen LogP contribution < -0.4 is 10.6 Å². The molecule has 0 saturated carbocycles. The second kappa shape index (κ2) is 11.3. The monoisotopic (exact) mass is 506 g/mol. The summed E-state index contributed by atoms with van der Waals surface area (Å²) in [5.74, 6) is -0.425. The van der Waals surface area contributed by atoms with Crippen molar-refractivity contribution in [1.29, 1.82) is 0 Å². The predicted octanol–water partition coefficient (Wildman–Crippen LogP) is 6.43. The van der Waals surface area contributed by atoms with E-state index in [-0.39, 0.29) is 24.8 Å². The minimum atomic E-state index is -4.39. The fourth-order valence-electron chi connectivity index (χ4n) is 3.98. The molecule has 0 aromatic heterocycles. The highest BCUT2D eigenvalue weighted by Gasteiger charge is 2.30. The summed E-state index contributed by atoms with van der Waals surface area (Å²) in [6.45, 7) is 0.601. The Morgan fingerprint density at radius 1 is 0.892 bits per heavy atom. The highest BCUT2D eigenvalue weighted by Crippen LogP contribution is 2.33. The number of alkyl halides is 3. The van der Waals surface area contributed by atoms with Crippen LogP contribution in [0.3, 0.4) is 0 Å². The van der Waals surface area contributed by atoms with Crippen LogP contribution in [0.5, 0.6) is 0 Å². The third-order valence-corrected chi connectivity index (χ3v) is 5.86. The van der Waals surface area contributed by atoms with Crippen molar-refractivity contribution in [3.8, 4) is 11.1 Å². The molecule has 4 aromatic rings. The first-order valence-corrected chi connectivity index (χ1v) is 11.6. The molecule has 0 unspecified atom stereocenters. The number of fused-ring (bicyclic) bond motifs is 1. The number of halogens is 3. The van der Waals surface area contributed by atoms with Gasteiger partial charge in [0.25, 0.3) is 5.91 Å². The standard InChI is InChI=1S/C29H25F3N2O3/c1-37-15-14-27(35)34-24-6-2-4-19(16-24)18-33-28(36)22-10-13-26-21(17-22)5-3-7-25(26)20-8-11-23(12-9-20)29(30,31)32/h2-13,16-17H,14-15,18H2,1H3,(H,33,36)(H,34,35). The summed E-state index contributed by atoms with van der Waals surface area (Å²) in [5.41, 5.74) is 2.65. The topological polar surface area (TPSA) is 67.4 Å². The number of carbonyl (C=O) groups excluding carboxylic acids is 2. The molecule has 0 aliphatic carbocycles. The molecule has 0 fully saturated rings. The fourth-order valence-corrected chi connectivity index (χ4v) is 3.98. The lowest BCUT2D eigenvalue weighted by atomic mass is 9.96. The van der Waals surface area contributed by atoms with Crippen LogP contribution in [0.25, 0.3) is 21.9 Å². The summed E-state index contributed by atoms with van der Waals surface area (Å²) in [7, 11) is 1.53. The summed E-state index contributed by atoms with van der Waals surface area (Å²) >= 11 is 0. The summed E-state index contributed by atoms with van der Waals surface area (Å²) in [6, 6.07) is 23.0. The zero-order valence-corrected chi connectivity index (χ0v) is 20.1. The molecule has 0 aliphatic rings. The Hall–Kier alpha value is -4.17. The Balaban J connectivity index is 1.46. The quantitative estimate of drug-likeness (QED) is 0.289. The largest absolute Gasteiger partial charge is 0.416 e. The summed E-state index contributed by atoms with van der Waals surface area (Å²) in [6.07, 6.45) is -4.14. The van der Waals surface area contributed by atoms with E-state index < -0.39 is 11.7 Å². The van der Waals surface area contributed by atoms with Crippen LogP contribution in [-0.4, -0.2) is 25.5 Å². The smallest absolute Gasteiger partial charge is 0.384 e. The van der Waals surface area contributed by atoms with E-state index in [1.54, 1.807) is 36.4 Å². The number of anilines is 1. The Labute approximate surface area is 212 Å². The van der Waals surface area contributed by atoms with E-state index in [2.05, 4.69) is 10.6 Å². The van der Waals surface area contributed by atoms with Crippen molar-refractivity contribution < 1.29 is 27.5 Å². The van der Waals surface area contributed by atoms with Gasteiger partial charge in [-0.15, -0.1) is 0 Å². The van der Waals surface area contributed by atoms with Crippen LogP contribution in [0.4, 0.5) is 18.9 Å². The molecule has 190 valence electrons. The maximum Gasteiger partial charge on any atom is 0.416 e. The first-order valence-electron chi connectivity index (χ1n) is 11.6. The van der Waals surface area contributed by atoms with Crippen molar-refractivity contribution in [1.82, 2.24) is 5.32 Å². The molecule has 2 N–H and O–H groups in total. The van der Waals surface area contributed by atoms with Crippen LogP contribution >= 0.6 is 0 Å². The van der Waals surface area contributed by atoms with Crippen LogP contribution in [0.15, 0.2) is 84.9 Å². The molecular formula is C29H25F3N2O3. The SMILES string of the molecule is COCCC(=O)Nc1cccc(CNC(=O)c2ccc3c(-c4ccc(C(F)(F)F)cc4)cccc3c2)c1. The number of methoxy groups -OCH3 is 1. The number of ether oxygens (including phenoxy) is 1. The van der Waals surface area contributed by atoms with E-state index >= 15 is 0 Å². The van der Waals surface area contributed by atoms with E-state index in [0.29, 0.717) is 23.4 Å². The Kier molecular flexibility index (Phi) is 7.89. The first-order chi connectivity index (χ1) is 17.7. The third-order valence-electron chi connectivity index (χ3n) is 5.86. The van der Waals surface area contributed by atoms with Gasteiger partial charge in [0.2, 0.25) is 5.91 Å². The average Bonchev–Trinajstić information content (AvgIpc) is 2.89. The molecular weight excluding hydrogens is 481 g/mol. The van der Waals surface area contributed by atoms with E-state index in [4.69, 9.17) is 4.74 Å². The molecule has 0 saturated heterocycles.